The van der Waals surface area contributed by atoms with Crippen molar-refractivity contribution in [1.29, 1.82) is 0 Å². The second kappa shape index (κ2) is 5.07. The Kier molecular flexibility index (Phi) is 4.00. The van der Waals surface area contributed by atoms with Crippen LogP contribution < -0.4 is 0 Å². The summed E-state index contributed by atoms with van der Waals surface area (Å²) < 4.78 is 1.48. The summed E-state index contributed by atoms with van der Waals surface area (Å²) in [6, 6.07) is 0. The van der Waals surface area contributed by atoms with Crippen LogP contribution in [0.3, 0.4) is 0 Å². The van der Waals surface area contributed by atoms with Crippen LogP contribution in [0, 0.1) is 17.0 Å². The maximum atomic E-state index is 10.9. The van der Waals surface area contributed by atoms with Gasteiger partial charge in [0.1, 0.15) is 11.4 Å². The summed E-state index contributed by atoms with van der Waals surface area (Å²) in [6.07, 6.45) is 1.23. The van der Waals surface area contributed by atoms with Gasteiger partial charge in [-0.15, -0.1) is 0 Å². The zero-order valence-corrected chi connectivity index (χ0v) is 9.80. The third-order valence-corrected chi connectivity index (χ3v) is 2.54. The van der Waals surface area contributed by atoms with E-state index >= 15 is 0 Å². The largest absolute Gasteiger partial charge is 0.393 e. The van der Waals surface area contributed by atoms with Crippen molar-refractivity contribution in [3.63, 3.8) is 0 Å². The molecule has 6 nitrogen and oxygen atoms in total. The van der Waals surface area contributed by atoms with Gasteiger partial charge in [0.25, 0.3) is 0 Å². The van der Waals surface area contributed by atoms with E-state index in [2.05, 4.69) is 5.10 Å². The van der Waals surface area contributed by atoms with Gasteiger partial charge in [0.2, 0.25) is 0 Å². The van der Waals surface area contributed by atoms with Gasteiger partial charge in [-0.2, -0.15) is 5.10 Å². The highest BCUT2D eigenvalue weighted by atomic mass is 16.6. The fraction of sp³-hybridized carbons (Fsp3) is 0.700. The summed E-state index contributed by atoms with van der Waals surface area (Å²) in [5, 5.41) is 24.6. The van der Waals surface area contributed by atoms with Crippen molar-refractivity contribution in [3.8, 4) is 0 Å². The van der Waals surface area contributed by atoms with E-state index in [9.17, 15) is 15.2 Å². The molecule has 90 valence electrons. The minimum atomic E-state index is -0.543. The zero-order valence-electron chi connectivity index (χ0n) is 9.80. The maximum Gasteiger partial charge on any atom is 0.313 e. The molecule has 0 bridgehead atoms. The number of nitrogens with zero attached hydrogens (tertiary/aromatic N) is 3. The Morgan fingerprint density at radius 3 is 2.75 bits per heavy atom. The van der Waals surface area contributed by atoms with Gasteiger partial charge in [-0.3, -0.25) is 14.8 Å². The second-order valence-electron chi connectivity index (χ2n) is 3.91. The van der Waals surface area contributed by atoms with Crippen LogP contribution >= 0.6 is 0 Å². The molecule has 1 atom stereocenters. The van der Waals surface area contributed by atoms with Crippen molar-refractivity contribution < 1.29 is 10.0 Å². The Morgan fingerprint density at radius 1 is 1.62 bits per heavy atom. The average Bonchev–Trinajstić information content (AvgIpc) is 2.41. The topological polar surface area (TPSA) is 81.2 Å². The molecule has 1 N–H and O–H groups in total. The third-order valence-electron chi connectivity index (χ3n) is 2.54. The van der Waals surface area contributed by atoms with E-state index in [0.717, 1.165) is 6.42 Å². The molecule has 1 heterocycles. The molecule has 0 saturated heterocycles. The number of aromatic nitrogens is 2. The normalized spacial score (nSPS) is 12.8. The molecule has 0 saturated carbocycles. The number of nitro groups is 1. The lowest BCUT2D eigenvalue weighted by Crippen LogP contribution is -2.14. The van der Waals surface area contributed by atoms with Gasteiger partial charge < -0.3 is 5.11 Å². The molecule has 1 aromatic heterocycles. The molecular weight excluding hydrogens is 210 g/mol. The Balaban J connectivity index is 2.98. The number of rotatable bonds is 5. The van der Waals surface area contributed by atoms with E-state index in [1.807, 2.05) is 6.92 Å². The molecule has 0 aliphatic carbocycles. The van der Waals surface area contributed by atoms with Gasteiger partial charge in [-0.25, -0.2) is 0 Å². The quantitative estimate of drug-likeness (QED) is 0.608. The molecule has 1 aromatic rings. The summed E-state index contributed by atoms with van der Waals surface area (Å²) in [5.41, 5.74) is 0.910. The van der Waals surface area contributed by atoms with Crippen LogP contribution in [0.2, 0.25) is 0 Å². The minimum Gasteiger partial charge on any atom is -0.393 e. The van der Waals surface area contributed by atoms with Crippen LogP contribution in [0.15, 0.2) is 0 Å². The van der Waals surface area contributed by atoms with E-state index in [-0.39, 0.29) is 12.1 Å². The Hall–Kier alpha value is -1.43. The standard InChI is InChI=1S/C10H17N3O3/c1-4-5-8(14)6-9-10(13(15)16)7(2)11-12(9)3/h8,14H,4-6H2,1-3H3. The summed E-state index contributed by atoms with van der Waals surface area (Å²) in [7, 11) is 1.66. The number of aryl methyl sites for hydroxylation is 2. The zero-order chi connectivity index (χ0) is 12.3. The SMILES string of the molecule is CCCC(O)Cc1c([N+](=O)[O-])c(C)nn1C. The number of aliphatic hydroxyl groups is 1. The van der Waals surface area contributed by atoms with Crippen LogP contribution in [-0.4, -0.2) is 25.9 Å². The smallest absolute Gasteiger partial charge is 0.313 e. The van der Waals surface area contributed by atoms with Crippen LogP contribution in [0.1, 0.15) is 31.2 Å². The first-order valence-corrected chi connectivity index (χ1v) is 5.32. The van der Waals surface area contributed by atoms with Crippen LogP contribution in [-0.2, 0) is 13.5 Å². The van der Waals surface area contributed by atoms with Gasteiger partial charge in [0, 0.05) is 13.5 Å². The van der Waals surface area contributed by atoms with Crippen LogP contribution in [0.25, 0.3) is 0 Å². The summed E-state index contributed by atoms with van der Waals surface area (Å²) in [4.78, 5) is 10.4. The predicted octanol–water partition coefficient (Wildman–Crippen LogP) is 1.34. The van der Waals surface area contributed by atoms with E-state index in [1.54, 1.807) is 14.0 Å². The molecule has 0 fully saturated rings. The van der Waals surface area contributed by atoms with E-state index in [0.29, 0.717) is 17.8 Å². The molecule has 0 radical (unpaired) electrons. The minimum absolute atomic E-state index is 0.0256. The van der Waals surface area contributed by atoms with Crippen molar-refractivity contribution in [2.24, 2.45) is 7.05 Å². The molecular formula is C10H17N3O3. The summed E-state index contributed by atoms with van der Waals surface area (Å²) in [6.45, 7) is 3.57. The highest BCUT2D eigenvalue weighted by molar-refractivity contribution is 5.40. The first-order valence-electron chi connectivity index (χ1n) is 5.32. The Bertz CT molecular complexity index is 387. The molecule has 1 rings (SSSR count). The van der Waals surface area contributed by atoms with Crippen LogP contribution in [0.4, 0.5) is 5.69 Å². The van der Waals surface area contributed by atoms with Crippen molar-refractivity contribution >= 4 is 5.69 Å². The van der Waals surface area contributed by atoms with E-state index in [4.69, 9.17) is 0 Å². The maximum absolute atomic E-state index is 10.9. The van der Waals surface area contributed by atoms with Crippen molar-refractivity contribution in [2.75, 3.05) is 0 Å². The molecule has 1 unspecified atom stereocenters. The van der Waals surface area contributed by atoms with Gasteiger partial charge in [0.15, 0.2) is 0 Å². The lowest BCUT2D eigenvalue weighted by Gasteiger charge is -2.08. The first-order chi connectivity index (χ1) is 7.47. The second-order valence-corrected chi connectivity index (χ2v) is 3.91. The average molecular weight is 227 g/mol. The molecule has 0 aromatic carbocycles. The number of hydrogen-bond acceptors (Lipinski definition) is 4. The molecule has 0 aliphatic heterocycles. The molecule has 0 spiro atoms. The lowest BCUT2D eigenvalue weighted by molar-refractivity contribution is -0.386. The lowest BCUT2D eigenvalue weighted by atomic mass is 10.1. The van der Waals surface area contributed by atoms with E-state index < -0.39 is 11.0 Å². The fourth-order valence-corrected chi connectivity index (χ4v) is 1.82. The Labute approximate surface area is 94.0 Å². The van der Waals surface area contributed by atoms with Gasteiger partial charge in [0.05, 0.1) is 11.0 Å². The van der Waals surface area contributed by atoms with Crippen molar-refractivity contribution in [3.05, 3.63) is 21.5 Å². The summed E-state index contributed by atoms with van der Waals surface area (Å²) in [5.74, 6) is 0. The van der Waals surface area contributed by atoms with Crippen molar-refractivity contribution in [2.45, 2.75) is 39.2 Å². The molecule has 0 amide bonds. The van der Waals surface area contributed by atoms with Gasteiger partial charge in [-0.05, 0) is 13.3 Å². The Morgan fingerprint density at radius 2 is 2.25 bits per heavy atom. The monoisotopic (exact) mass is 227 g/mol. The van der Waals surface area contributed by atoms with Crippen molar-refractivity contribution in [1.82, 2.24) is 9.78 Å². The highest BCUT2D eigenvalue weighted by Crippen LogP contribution is 2.24. The number of aliphatic hydroxyl groups excluding tert-OH is 1. The number of hydrogen-bond donors (Lipinski definition) is 1. The van der Waals surface area contributed by atoms with E-state index in [1.165, 1.54) is 4.68 Å². The van der Waals surface area contributed by atoms with Crippen LogP contribution in [0.5, 0.6) is 0 Å². The predicted molar refractivity (Wildman–Crippen MR) is 59.2 cm³/mol. The molecule has 16 heavy (non-hydrogen) atoms. The first kappa shape index (κ1) is 12.6. The summed E-state index contributed by atoms with van der Waals surface area (Å²) >= 11 is 0. The molecule has 6 heteroatoms. The molecule has 0 aliphatic rings. The highest BCUT2D eigenvalue weighted by Gasteiger charge is 2.25. The third kappa shape index (κ3) is 2.57. The van der Waals surface area contributed by atoms with Gasteiger partial charge >= 0.3 is 5.69 Å². The fourth-order valence-electron chi connectivity index (χ4n) is 1.82. The van der Waals surface area contributed by atoms with Gasteiger partial charge in [-0.1, -0.05) is 13.3 Å².